The molecular formula is C17H20N2O. The van der Waals surface area contributed by atoms with Crippen molar-refractivity contribution in [2.24, 2.45) is 5.73 Å². The first-order valence-electron chi connectivity index (χ1n) is 6.60. The van der Waals surface area contributed by atoms with Crippen molar-refractivity contribution < 1.29 is 4.74 Å². The van der Waals surface area contributed by atoms with Gasteiger partial charge in [-0.2, -0.15) is 0 Å². The van der Waals surface area contributed by atoms with Gasteiger partial charge >= 0.3 is 0 Å². The van der Waals surface area contributed by atoms with Gasteiger partial charge < -0.3 is 10.5 Å². The summed E-state index contributed by atoms with van der Waals surface area (Å²) in [6, 6.07) is 15.3. The first kappa shape index (κ1) is 14.1. The molecule has 0 aliphatic heterocycles. The van der Waals surface area contributed by atoms with E-state index in [9.17, 15) is 0 Å². The highest BCUT2D eigenvalue weighted by molar-refractivity contribution is 5.97. The number of nitrogens with one attached hydrogen (secondary N) is 1. The van der Waals surface area contributed by atoms with Gasteiger partial charge in [-0.05, 0) is 35.2 Å². The SMILES string of the molecule is CC(C)(C)c1ccc(Oc2ccccc2C(=N)N)cc1. The lowest BCUT2D eigenvalue weighted by Gasteiger charge is -2.19. The van der Waals surface area contributed by atoms with Crippen LogP contribution in [0.25, 0.3) is 0 Å². The first-order chi connectivity index (χ1) is 9.38. The zero-order chi connectivity index (χ0) is 14.8. The molecule has 0 aliphatic carbocycles. The van der Waals surface area contributed by atoms with E-state index in [0.717, 1.165) is 5.75 Å². The van der Waals surface area contributed by atoms with Crippen LogP contribution in [-0.4, -0.2) is 5.84 Å². The van der Waals surface area contributed by atoms with Crippen LogP contribution in [-0.2, 0) is 5.41 Å². The third-order valence-corrected chi connectivity index (χ3v) is 3.13. The minimum Gasteiger partial charge on any atom is -0.457 e. The van der Waals surface area contributed by atoms with E-state index in [-0.39, 0.29) is 11.3 Å². The largest absolute Gasteiger partial charge is 0.457 e. The molecule has 0 fully saturated rings. The number of nitrogens with two attached hydrogens (primary N) is 1. The number of benzene rings is 2. The minimum absolute atomic E-state index is 0.00640. The molecule has 3 heteroatoms. The molecule has 2 rings (SSSR count). The summed E-state index contributed by atoms with van der Waals surface area (Å²) in [5.41, 5.74) is 7.53. The van der Waals surface area contributed by atoms with Gasteiger partial charge in [0.25, 0.3) is 0 Å². The molecular weight excluding hydrogens is 248 g/mol. The van der Waals surface area contributed by atoms with Gasteiger partial charge in [-0.3, -0.25) is 5.41 Å². The van der Waals surface area contributed by atoms with Crippen LogP contribution in [0.15, 0.2) is 48.5 Å². The second-order valence-corrected chi connectivity index (χ2v) is 5.79. The highest BCUT2D eigenvalue weighted by Crippen LogP contribution is 2.28. The van der Waals surface area contributed by atoms with Crippen LogP contribution in [0.4, 0.5) is 0 Å². The van der Waals surface area contributed by atoms with Crippen molar-refractivity contribution in [2.75, 3.05) is 0 Å². The van der Waals surface area contributed by atoms with E-state index >= 15 is 0 Å². The summed E-state index contributed by atoms with van der Waals surface area (Å²) in [5.74, 6) is 1.35. The van der Waals surface area contributed by atoms with Crippen LogP contribution in [0.5, 0.6) is 11.5 Å². The Hall–Kier alpha value is -2.29. The van der Waals surface area contributed by atoms with Crippen molar-refractivity contribution in [1.82, 2.24) is 0 Å². The molecule has 3 N–H and O–H groups in total. The van der Waals surface area contributed by atoms with Crippen molar-refractivity contribution in [3.8, 4) is 11.5 Å². The summed E-state index contributed by atoms with van der Waals surface area (Å²) in [6.07, 6.45) is 0. The Morgan fingerprint density at radius 3 is 2.15 bits per heavy atom. The van der Waals surface area contributed by atoms with Crippen molar-refractivity contribution in [3.05, 3.63) is 59.7 Å². The molecule has 0 amide bonds. The maximum Gasteiger partial charge on any atom is 0.138 e. The Morgan fingerprint density at radius 1 is 1.00 bits per heavy atom. The molecule has 0 saturated heterocycles. The summed E-state index contributed by atoms with van der Waals surface area (Å²) in [5, 5.41) is 7.56. The Balaban J connectivity index is 2.25. The number of para-hydroxylation sites is 1. The summed E-state index contributed by atoms with van der Waals surface area (Å²) in [4.78, 5) is 0. The molecule has 0 aromatic heterocycles. The Kier molecular flexibility index (Phi) is 3.79. The normalized spacial score (nSPS) is 11.2. The molecule has 0 radical (unpaired) electrons. The van der Waals surface area contributed by atoms with Gasteiger partial charge in [0.2, 0.25) is 0 Å². The molecule has 0 bridgehead atoms. The van der Waals surface area contributed by atoms with E-state index in [0.29, 0.717) is 11.3 Å². The fraction of sp³-hybridized carbons (Fsp3) is 0.235. The lowest BCUT2D eigenvalue weighted by molar-refractivity contribution is 0.480. The smallest absolute Gasteiger partial charge is 0.138 e. The van der Waals surface area contributed by atoms with Crippen LogP contribution in [0.2, 0.25) is 0 Å². The van der Waals surface area contributed by atoms with Gasteiger partial charge in [-0.1, -0.05) is 45.0 Å². The van der Waals surface area contributed by atoms with Crippen molar-refractivity contribution in [2.45, 2.75) is 26.2 Å². The zero-order valence-corrected chi connectivity index (χ0v) is 12.1. The predicted octanol–water partition coefficient (Wildman–Crippen LogP) is 4.06. The Labute approximate surface area is 119 Å². The van der Waals surface area contributed by atoms with Gasteiger partial charge in [0, 0.05) is 0 Å². The number of nitrogen functional groups attached to an aromatic ring is 1. The lowest BCUT2D eigenvalue weighted by Crippen LogP contribution is -2.12. The van der Waals surface area contributed by atoms with Crippen LogP contribution < -0.4 is 10.5 Å². The van der Waals surface area contributed by atoms with Crippen molar-refractivity contribution in [1.29, 1.82) is 5.41 Å². The van der Waals surface area contributed by atoms with Gasteiger partial charge in [-0.25, -0.2) is 0 Å². The van der Waals surface area contributed by atoms with Crippen molar-refractivity contribution >= 4 is 5.84 Å². The highest BCUT2D eigenvalue weighted by atomic mass is 16.5. The maximum absolute atomic E-state index is 7.56. The summed E-state index contributed by atoms with van der Waals surface area (Å²) >= 11 is 0. The number of hydrogen-bond donors (Lipinski definition) is 2. The van der Waals surface area contributed by atoms with Crippen LogP contribution in [0, 0.1) is 5.41 Å². The third kappa shape index (κ3) is 3.18. The predicted molar refractivity (Wildman–Crippen MR) is 82.7 cm³/mol. The van der Waals surface area contributed by atoms with Crippen LogP contribution in [0.3, 0.4) is 0 Å². The topological polar surface area (TPSA) is 59.1 Å². The monoisotopic (exact) mass is 268 g/mol. The van der Waals surface area contributed by atoms with E-state index in [1.54, 1.807) is 6.07 Å². The third-order valence-electron chi connectivity index (χ3n) is 3.13. The maximum atomic E-state index is 7.56. The standard InChI is InChI=1S/C17H20N2O/c1-17(2,3)12-8-10-13(11-9-12)20-15-7-5-4-6-14(15)16(18)19/h4-11H,1-3H3,(H3,18,19). The fourth-order valence-corrected chi connectivity index (χ4v) is 1.93. The number of rotatable bonds is 3. The molecule has 0 atom stereocenters. The average molecular weight is 268 g/mol. The van der Waals surface area contributed by atoms with E-state index in [2.05, 4.69) is 32.9 Å². The highest BCUT2D eigenvalue weighted by Gasteiger charge is 2.13. The molecule has 3 nitrogen and oxygen atoms in total. The molecule has 0 spiro atoms. The van der Waals surface area contributed by atoms with Crippen LogP contribution in [0.1, 0.15) is 31.9 Å². The van der Waals surface area contributed by atoms with E-state index in [1.807, 2.05) is 30.3 Å². The van der Waals surface area contributed by atoms with E-state index in [1.165, 1.54) is 5.56 Å². The summed E-state index contributed by atoms with van der Waals surface area (Å²) in [7, 11) is 0. The van der Waals surface area contributed by atoms with Gasteiger partial charge in [0.05, 0.1) is 5.56 Å². The molecule has 104 valence electrons. The molecule has 0 heterocycles. The summed E-state index contributed by atoms with van der Waals surface area (Å²) in [6.45, 7) is 6.52. The molecule has 0 unspecified atom stereocenters. The van der Waals surface area contributed by atoms with E-state index in [4.69, 9.17) is 15.9 Å². The summed E-state index contributed by atoms with van der Waals surface area (Å²) < 4.78 is 5.82. The number of amidine groups is 1. The molecule has 20 heavy (non-hydrogen) atoms. The van der Waals surface area contributed by atoms with Crippen molar-refractivity contribution in [3.63, 3.8) is 0 Å². The zero-order valence-electron chi connectivity index (χ0n) is 12.1. The molecule has 0 saturated carbocycles. The van der Waals surface area contributed by atoms with Gasteiger partial charge in [0.1, 0.15) is 17.3 Å². The fourth-order valence-electron chi connectivity index (χ4n) is 1.93. The Bertz CT molecular complexity index is 610. The van der Waals surface area contributed by atoms with Gasteiger partial charge in [0.15, 0.2) is 0 Å². The minimum atomic E-state index is 0.00640. The number of ether oxygens (including phenoxy) is 1. The first-order valence-corrected chi connectivity index (χ1v) is 6.60. The lowest BCUT2D eigenvalue weighted by atomic mass is 9.87. The molecule has 0 aliphatic rings. The number of hydrogen-bond acceptors (Lipinski definition) is 2. The average Bonchev–Trinajstić information content (AvgIpc) is 2.38. The quantitative estimate of drug-likeness (QED) is 0.651. The molecule has 2 aromatic carbocycles. The van der Waals surface area contributed by atoms with Crippen LogP contribution >= 0.6 is 0 Å². The van der Waals surface area contributed by atoms with Gasteiger partial charge in [-0.15, -0.1) is 0 Å². The second kappa shape index (κ2) is 5.37. The second-order valence-electron chi connectivity index (χ2n) is 5.79. The van der Waals surface area contributed by atoms with E-state index < -0.39 is 0 Å². The Morgan fingerprint density at radius 2 is 1.60 bits per heavy atom. The molecule has 2 aromatic rings.